The van der Waals surface area contributed by atoms with Crippen molar-refractivity contribution >= 4 is 38.1 Å². The average molecular weight is 396 g/mol. The highest BCUT2D eigenvalue weighted by molar-refractivity contribution is 7.93. The number of hydrogen-bond acceptors (Lipinski definition) is 4. The molecule has 4 rings (SSSR count). The second-order valence-electron chi connectivity index (χ2n) is 7.04. The molecule has 7 heteroatoms. The summed E-state index contributed by atoms with van der Waals surface area (Å²) in [6.07, 6.45) is 0. The van der Waals surface area contributed by atoms with Crippen LogP contribution in [0.4, 0.5) is 11.4 Å². The van der Waals surface area contributed by atoms with Crippen molar-refractivity contribution in [1.82, 2.24) is 0 Å². The van der Waals surface area contributed by atoms with Crippen molar-refractivity contribution in [3.05, 3.63) is 66.2 Å². The molecule has 1 unspecified atom stereocenters. The van der Waals surface area contributed by atoms with Crippen molar-refractivity contribution in [1.29, 1.82) is 0 Å². The Hall–Kier alpha value is -3.06. The van der Waals surface area contributed by atoms with Gasteiger partial charge >= 0.3 is 5.97 Å². The van der Waals surface area contributed by atoms with Gasteiger partial charge < -0.3 is 10.0 Å². The lowest BCUT2D eigenvalue weighted by atomic mass is 10.0. The number of aliphatic carboxylic acids is 1. The van der Waals surface area contributed by atoms with Crippen LogP contribution in [0.15, 0.2) is 65.6 Å². The number of para-hydroxylation sites is 1. The van der Waals surface area contributed by atoms with Gasteiger partial charge in [0.1, 0.15) is 5.92 Å². The Morgan fingerprint density at radius 3 is 2.54 bits per heavy atom. The molecule has 0 amide bonds. The van der Waals surface area contributed by atoms with Crippen LogP contribution in [-0.2, 0) is 14.8 Å². The normalized spacial score (nSPS) is 16.2. The molecule has 0 radical (unpaired) electrons. The topological polar surface area (TPSA) is 77.9 Å². The highest BCUT2D eigenvalue weighted by Crippen LogP contribution is 2.40. The highest BCUT2D eigenvalue weighted by Gasteiger charge is 2.40. The number of carboxylic acids is 1. The van der Waals surface area contributed by atoms with E-state index in [0.717, 1.165) is 11.1 Å². The molecule has 0 aliphatic carbocycles. The van der Waals surface area contributed by atoms with Gasteiger partial charge in [-0.3, -0.25) is 9.10 Å². The summed E-state index contributed by atoms with van der Waals surface area (Å²) in [6, 6.07) is 17.6. The quantitative estimate of drug-likeness (QED) is 0.732. The fourth-order valence-corrected chi connectivity index (χ4v) is 5.40. The van der Waals surface area contributed by atoms with Gasteiger partial charge in [-0.15, -0.1) is 0 Å². The minimum absolute atomic E-state index is 0.108. The Morgan fingerprint density at radius 2 is 1.82 bits per heavy atom. The third-order valence-corrected chi connectivity index (χ3v) is 6.97. The van der Waals surface area contributed by atoms with E-state index in [9.17, 15) is 18.3 Å². The number of carbonyl (C=O) groups is 1. The lowest BCUT2D eigenvalue weighted by Crippen LogP contribution is -2.31. The molecule has 0 bridgehead atoms. The number of nitrogens with zero attached hydrogens (tertiary/aromatic N) is 2. The Balaban J connectivity index is 1.87. The molecule has 144 valence electrons. The summed E-state index contributed by atoms with van der Waals surface area (Å²) in [5, 5.41) is 11.0. The van der Waals surface area contributed by atoms with Crippen molar-refractivity contribution < 1.29 is 18.3 Å². The van der Waals surface area contributed by atoms with E-state index in [2.05, 4.69) is 0 Å². The number of hydrogen-bond donors (Lipinski definition) is 1. The van der Waals surface area contributed by atoms with Crippen LogP contribution in [0.3, 0.4) is 0 Å². The lowest BCUT2D eigenvalue weighted by molar-refractivity contribution is -0.138. The molecule has 3 aromatic rings. The van der Waals surface area contributed by atoms with Gasteiger partial charge in [0.05, 0.1) is 17.1 Å². The molecule has 1 heterocycles. The number of benzene rings is 3. The maximum atomic E-state index is 13.5. The zero-order valence-corrected chi connectivity index (χ0v) is 16.3. The van der Waals surface area contributed by atoms with Crippen LogP contribution in [0.5, 0.6) is 0 Å². The van der Waals surface area contributed by atoms with Crippen molar-refractivity contribution in [3.63, 3.8) is 0 Å². The Labute approximate surface area is 163 Å². The number of carboxylic acid groups (broad SMARTS) is 1. The molecule has 1 atom stereocenters. The zero-order valence-electron chi connectivity index (χ0n) is 15.5. The first-order chi connectivity index (χ1) is 13.3. The van der Waals surface area contributed by atoms with Gasteiger partial charge in [0.25, 0.3) is 10.0 Å². The maximum Gasteiger partial charge on any atom is 0.312 e. The Bertz CT molecular complexity index is 1190. The number of anilines is 2. The molecule has 0 spiro atoms. The van der Waals surface area contributed by atoms with Gasteiger partial charge in [-0.1, -0.05) is 36.4 Å². The molecule has 1 aliphatic heterocycles. The van der Waals surface area contributed by atoms with Crippen LogP contribution < -0.4 is 9.21 Å². The van der Waals surface area contributed by atoms with Crippen LogP contribution in [-0.4, -0.2) is 40.1 Å². The number of sulfonamides is 1. The van der Waals surface area contributed by atoms with E-state index >= 15 is 0 Å². The highest BCUT2D eigenvalue weighted by atomic mass is 32.2. The molecular weight excluding hydrogens is 376 g/mol. The van der Waals surface area contributed by atoms with E-state index in [0.29, 0.717) is 16.6 Å². The molecule has 1 aliphatic rings. The molecular formula is C21H20N2O4S. The molecule has 28 heavy (non-hydrogen) atoms. The third kappa shape index (κ3) is 2.79. The van der Waals surface area contributed by atoms with Crippen LogP contribution in [0.2, 0.25) is 0 Å². The van der Waals surface area contributed by atoms with Crippen molar-refractivity contribution in [2.45, 2.75) is 10.8 Å². The molecule has 0 saturated carbocycles. The lowest BCUT2D eigenvalue weighted by Gasteiger charge is -2.21. The van der Waals surface area contributed by atoms with Gasteiger partial charge in [-0.25, -0.2) is 8.42 Å². The van der Waals surface area contributed by atoms with E-state index < -0.39 is 21.9 Å². The summed E-state index contributed by atoms with van der Waals surface area (Å²) in [5.41, 5.74) is 1.92. The summed E-state index contributed by atoms with van der Waals surface area (Å²) in [4.78, 5) is 13.8. The van der Waals surface area contributed by atoms with E-state index in [1.807, 2.05) is 37.2 Å². The molecule has 3 aromatic carbocycles. The third-order valence-electron chi connectivity index (χ3n) is 5.14. The molecule has 1 N–H and O–H groups in total. The second kappa shape index (κ2) is 6.53. The van der Waals surface area contributed by atoms with Gasteiger partial charge in [-0.2, -0.15) is 0 Å². The van der Waals surface area contributed by atoms with E-state index in [1.54, 1.807) is 42.5 Å². The van der Waals surface area contributed by atoms with E-state index in [1.165, 1.54) is 4.31 Å². The average Bonchev–Trinajstić information content (AvgIpc) is 3.07. The van der Waals surface area contributed by atoms with Crippen LogP contribution in [0, 0.1) is 0 Å². The van der Waals surface area contributed by atoms with Gasteiger partial charge in [-0.05, 0) is 35.2 Å². The van der Waals surface area contributed by atoms with Crippen LogP contribution in [0.25, 0.3) is 10.8 Å². The predicted octanol–water partition coefficient (Wildman–Crippen LogP) is 3.28. The summed E-state index contributed by atoms with van der Waals surface area (Å²) < 4.78 is 28.3. The van der Waals surface area contributed by atoms with Crippen LogP contribution >= 0.6 is 0 Å². The van der Waals surface area contributed by atoms with Crippen molar-refractivity contribution in [3.8, 4) is 0 Å². The van der Waals surface area contributed by atoms with Gasteiger partial charge in [0.15, 0.2) is 0 Å². The number of rotatable bonds is 4. The summed E-state index contributed by atoms with van der Waals surface area (Å²) in [7, 11) is -0.0707. The smallest absolute Gasteiger partial charge is 0.312 e. The zero-order chi connectivity index (χ0) is 20.1. The minimum atomic E-state index is -3.92. The first-order valence-corrected chi connectivity index (χ1v) is 10.3. The van der Waals surface area contributed by atoms with Crippen molar-refractivity contribution in [2.24, 2.45) is 0 Å². The number of fused-ring (bicyclic) bond motifs is 2. The SMILES string of the molecule is CN(C)c1ccc2c(S(=O)(=O)N3CC(C(=O)O)c4ccccc43)cccc2c1. The molecule has 6 nitrogen and oxygen atoms in total. The van der Waals surface area contributed by atoms with Gasteiger partial charge in [0.2, 0.25) is 0 Å². The standard InChI is InChI=1S/C21H20N2O4S/c1-22(2)15-10-11-16-14(12-15)6-5-9-20(16)28(26,27)23-13-18(21(24)25)17-7-3-4-8-19(17)23/h3-12,18H,13H2,1-2H3,(H,24,25). The second-order valence-corrected chi connectivity index (χ2v) is 8.87. The first kappa shape index (κ1) is 18.3. The van der Waals surface area contributed by atoms with Gasteiger partial charge in [0, 0.05) is 25.2 Å². The monoisotopic (exact) mass is 396 g/mol. The largest absolute Gasteiger partial charge is 0.481 e. The molecule has 0 saturated heterocycles. The van der Waals surface area contributed by atoms with E-state index in [-0.39, 0.29) is 11.4 Å². The Morgan fingerprint density at radius 1 is 1.07 bits per heavy atom. The molecule has 0 aromatic heterocycles. The minimum Gasteiger partial charge on any atom is -0.481 e. The molecule has 0 fully saturated rings. The maximum absolute atomic E-state index is 13.5. The first-order valence-electron chi connectivity index (χ1n) is 8.85. The summed E-state index contributed by atoms with van der Waals surface area (Å²) >= 11 is 0. The van der Waals surface area contributed by atoms with Crippen LogP contribution in [0.1, 0.15) is 11.5 Å². The Kier molecular flexibility index (Phi) is 4.27. The predicted molar refractivity (Wildman–Crippen MR) is 110 cm³/mol. The summed E-state index contributed by atoms with van der Waals surface area (Å²) in [5.74, 6) is -1.90. The fraction of sp³-hybridized carbons (Fsp3) is 0.190. The summed E-state index contributed by atoms with van der Waals surface area (Å²) in [6.45, 7) is -0.108. The fourth-order valence-electron chi connectivity index (χ4n) is 3.67. The van der Waals surface area contributed by atoms with E-state index in [4.69, 9.17) is 0 Å². The van der Waals surface area contributed by atoms with Crippen molar-refractivity contribution in [2.75, 3.05) is 29.8 Å².